The second-order valence-electron chi connectivity index (χ2n) is 3.70. The van der Waals surface area contributed by atoms with E-state index in [1.165, 1.54) is 11.3 Å². The highest BCUT2D eigenvalue weighted by molar-refractivity contribution is 7.97. The van der Waals surface area contributed by atoms with Gasteiger partial charge in [0, 0.05) is 21.9 Å². The molecule has 7 heteroatoms. The van der Waals surface area contributed by atoms with Crippen molar-refractivity contribution in [2.75, 3.05) is 0 Å². The van der Waals surface area contributed by atoms with Crippen molar-refractivity contribution >= 4 is 40.6 Å². The molecule has 1 aromatic heterocycles. The van der Waals surface area contributed by atoms with E-state index in [-0.39, 0.29) is 5.91 Å². The van der Waals surface area contributed by atoms with Gasteiger partial charge in [-0.15, -0.1) is 11.3 Å². The van der Waals surface area contributed by atoms with Crippen molar-refractivity contribution < 1.29 is 4.79 Å². The third kappa shape index (κ3) is 3.94. The van der Waals surface area contributed by atoms with E-state index in [1.807, 2.05) is 29.6 Å². The number of carbonyl (C=O) groups is 1. The van der Waals surface area contributed by atoms with E-state index in [2.05, 4.69) is 10.4 Å². The summed E-state index contributed by atoms with van der Waals surface area (Å²) in [7, 11) is 0. The van der Waals surface area contributed by atoms with Gasteiger partial charge in [-0.2, -0.15) is 11.8 Å². The first kappa shape index (κ1) is 14.3. The molecule has 3 N–H and O–H groups in total. The van der Waals surface area contributed by atoms with Crippen LogP contribution in [0.2, 0.25) is 5.02 Å². The Morgan fingerprint density at radius 3 is 2.95 bits per heavy atom. The predicted octanol–water partition coefficient (Wildman–Crippen LogP) is 2.83. The van der Waals surface area contributed by atoms with Crippen molar-refractivity contribution in [3.63, 3.8) is 0 Å². The highest BCUT2D eigenvalue weighted by Crippen LogP contribution is 2.23. The van der Waals surface area contributed by atoms with Crippen LogP contribution in [0.4, 0.5) is 0 Å². The number of nitrogens with two attached hydrogens (primary N) is 1. The quantitative estimate of drug-likeness (QED) is 0.506. The fourth-order valence-electron chi connectivity index (χ4n) is 1.42. The third-order valence-corrected chi connectivity index (χ3v) is 4.62. The number of nitrogens with one attached hydrogen (secondary N) is 1. The summed E-state index contributed by atoms with van der Waals surface area (Å²) in [5.74, 6) is 6.25. The molecule has 0 aliphatic heterocycles. The minimum absolute atomic E-state index is 0.354. The van der Waals surface area contributed by atoms with E-state index in [1.54, 1.807) is 11.8 Å². The molecule has 0 atom stereocenters. The Kier molecular flexibility index (Phi) is 5.21. The average molecular weight is 314 g/mol. The Morgan fingerprint density at radius 2 is 2.21 bits per heavy atom. The van der Waals surface area contributed by atoms with Crippen LogP contribution >= 0.6 is 34.7 Å². The van der Waals surface area contributed by atoms with E-state index in [4.69, 9.17) is 17.4 Å². The zero-order valence-corrected chi connectivity index (χ0v) is 12.3. The van der Waals surface area contributed by atoms with Crippen LogP contribution in [0.1, 0.15) is 21.1 Å². The normalized spacial score (nSPS) is 10.4. The molecule has 2 aromatic rings. The predicted molar refractivity (Wildman–Crippen MR) is 80.2 cm³/mol. The molecule has 0 spiro atoms. The van der Waals surface area contributed by atoms with Crippen molar-refractivity contribution in [1.82, 2.24) is 10.4 Å². The SMILES string of the molecule is NNC(=O)c1nc(CSCc2ccccc2Cl)cs1. The molecule has 0 saturated heterocycles. The zero-order chi connectivity index (χ0) is 13.7. The molecule has 0 aliphatic rings. The van der Waals surface area contributed by atoms with Gasteiger partial charge in [-0.05, 0) is 11.6 Å². The number of hydrogen-bond acceptors (Lipinski definition) is 5. The fourth-order valence-corrected chi connectivity index (χ4v) is 3.46. The summed E-state index contributed by atoms with van der Waals surface area (Å²) < 4.78 is 0. The molecule has 100 valence electrons. The summed E-state index contributed by atoms with van der Waals surface area (Å²) in [5.41, 5.74) is 4.05. The monoisotopic (exact) mass is 313 g/mol. The first-order valence-corrected chi connectivity index (χ1v) is 7.88. The summed E-state index contributed by atoms with van der Waals surface area (Å²) in [4.78, 5) is 15.5. The summed E-state index contributed by atoms with van der Waals surface area (Å²) in [5, 5.41) is 3.02. The maximum atomic E-state index is 11.3. The van der Waals surface area contributed by atoms with Crippen LogP contribution in [0.5, 0.6) is 0 Å². The first-order chi connectivity index (χ1) is 9.20. The Morgan fingerprint density at radius 1 is 1.42 bits per heavy atom. The smallest absolute Gasteiger partial charge is 0.288 e. The molecule has 4 nitrogen and oxygen atoms in total. The van der Waals surface area contributed by atoms with Gasteiger partial charge in [0.2, 0.25) is 0 Å². The van der Waals surface area contributed by atoms with Crippen molar-refractivity contribution in [2.45, 2.75) is 11.5 Å². The largest absolute Gasteiger partial charge is 0.294 e. The number of amides is 1. The molecule has 0 unspecified atom stereocenters. The Bertz CT molecular complexity index is 574. The lowest BCUT2D eigenvalue weighted by Crippen LogP contribution is -2.29. The molecular weight excluding hydrogens is 302 g/mol. The maximum Gasteiger partial charge on any atom is 0.294 e. The summed E-state index contributed by atoms with van der Waals surface area (Å²) in [6.45, 7) is 0. The van der Waals surface area contributed by atoms with Crippen LogP contribution in [0.15, 0.2) is 29.6 Å². The minimum atomic E-state index is -0.354. The Balaban J connectivity index is 1.88. The number of thiazole rings is 1. The third-order valence-electron chi connectivity index (χ3n) is 2.34. The number of hydrazine groups is 1. The van der Waals surface area contributed by atoms with Crippen LogP contribution < -0.4 is 11.3 Å². The van der Waals surface area contributed by atoms with Gasteiger partial charge in [-0.1, -0.05) is 29.8 Å². The molecule has 0 aliphatic carbocycles. The van der Waals surface area contributed by atoms with Crippen molar-refractivity contribution in [2.24, 2.45) is 5.84 Å². The van der Waals surface area contributed by atoms with Crippen LogP contribution in [0, 0.1) is 0 Å². The minimum Gasteiger partial charge on any atom is -0.288 e. The van der Waals surface area contributed by atoms with Crippen LogP contribution in [-0.2, 0) is 11.5 Å². The first-order valence-electron chi connectivity index (χ1n) is 5.47. The van der Waals surface area contributed by atoms with Gasteiger partial charge in [0.1, 0.15) is 0 Å². The van der Waals surface area contributed by atoms with E-state index in [0.717, 1.165) is 27.8 Å². The number of aromatic nitrogens is 1. The molecule has 19 heavy (non-hydrogen) atoms. The van der Waals surface area contributed by atoms with Gasteiger partial charge in [0.15, 0.2) is 5.01 Å². The summed E-state index contributed by atoms with van der Waals surface area (Å²) >= 11 is 9.07. The second kappa shape index (κ2) is 6.91. The lowest BCUT2D eigenvalue weighted by Gasteiger charge is -2.02. The van der Waals surface area contributed by atoms with E-state index >= 15 is 0 Å². The van der Waals surface area contributed by atoms with Crippen molar-refractivity contribution in [1.29, 1.82) is 0 Å². The topological polar surface area (TPSA) is 68.0 Å². The standard InChI is InChI=1S/C12H12ClN3OS2/c13-10-4-2-1-3-8(10)5-18-6-9-7-19-12(15-9)11(17)16-14/h1-4,7H,5-6,14H2,(H,16,17). The van der Waals surface area contributed by atoms with Crippen LogP contribution in [0.3, 0.4) is 0 Å². The van der Waals surface area contributed by atoms with Crippen LogP contribution in [0.25, 0.3) is 0 Å². The fraction of sp³-hybridized carbons (Fsp3) is 0.167. The lowest BCUT2D eigenvalue weighted by atomic mass is 10.2. The molecule has 2 rings (SSSR count). The molecule has 0 radical (unpaired) electrons. The Labute approximate surface area is 124 Å². The van der Waals surface area contributed by atoms with E-state index in [9.17, 15) is 4.79 Å². The number of nitrogen functional groups attached to an aromatic ring is 1. The molecular formula is C12H12ClN3OS2. The van der Waals surface area contributed by atoms with Gasteiger partial charge >= 0.3 is 0 Å². The number of nitrogens with zero attached hydrogens (tertiary/aromatic N) is 1. The van der Waals surface area contributed by atoms with Crippen LogP contribution in [-0.4, -0.2) is 10.9 Å². The number of carbonyl (C=O) groups excluding carboxylic acids is 1. The molecule has 0 fully saturated rings. The number of thioether (sulfide) groups is 1. The Hall–Kier alpha value is -1.08. The summed E-state index contributed by atoms with van der Waals surface area (Å²) in [6, 6.07) is 7.76. The second-order valence-corrected chi connectivity index (χ2v) is 5.95. The highest BCUT2D eigenvalue weighted by Gasteiger charge is 2.09. The van der Waals surface area contributed by atoms with Gasteiger partial charge in [-0.25, -0.2) is 10.8 Å². The molecule has 0 bridgehead atoms. The van der Waals surface area contributed by atoms with Crippen molar-refractivity contribution in [3.05, 3.63) is 50.9 Å². The van der Waals surface area contributed by atoms with Gasteiger partial charge in [0.25, 0.3) is 5.91 Å². The number of hydrogen-bond donors (Lipinski definition) is 2. The van der Waals surface area contributed by atoms with Crippen molar-refractivity contribution in [3.8, 4) is 0 Å². The van der Waals surface area contributed by atoms with Gasteiger partial charge in [0.05, 0.1) is 5.69 Å². The zero-order valence-electron chi connectivity index (χ0n) is 9.93. The molecule has 1 aromatic carbocycles. The average Bonchev–Trinajstić information content (AvgIpc) is 2.89. The number of rotatable bonds is 5. The lowest BCUT2D eigenvalue weighted by molar-refractivity contribution is 0.0953. The van der Waals surface area contributed by atoms with Gasteiger partial charge < -0.3 is 0 Å². The molecule has 0 saturated carbocycles. The maximum absolute atomic E-state index is 11.3. The molecule has 1 amide bonds. The number of halogens is 1. The van der Waals surface area contributed by atoms with E-state index in [0.29, 0.717) is 5.01 Å². The highest BCUT2D eigenvalue weighted by atomic mass is 35.5. The van der Waals surface area contributed by atoms with Gasteiger partial charge in [-0.3, -0.25) is 10.2 Å². The van der Waals surface area contributed by atoms with E-state index < -0.39 is 0 Å². The number of benzene rings is 1. The molecule has 1 heterocycles. The summed E-state index contributed by atoms with van der Waals surface area (Å²) in [6.07, 6.45) is 0.